The van der Waals surface area contributed by atoms with E-state index in [1.54, 1.807) is 14.2 Å². The van der Waals surface area contributed by atoms with Gasteiger partial charge in [-0.3, -0.25) is 4.79 Å². The van der Waals surface area contributed by atoms with E-state index in [2.05, 4.69) is 28.3 Å². The summed E-state index contributed by atoms with van der Waals surface area (Å²) < 4.78 is 10.6. The minimum atomic E-state index is -0.128. The summed E-state index contributed by atoms with van der Waals surface area (Å²) in [5.74, 6) is 1.66. The highest BCUT2D eigenvalue weighted by molar-refractivity contribution is 7.99. The van der Waals surface area contributed by atoms with E-state index in [0.717, 1.165) is 36.2 Å². The zero-order valence-corrected chi connectivity index (χ0v) is 20.5. The standard InChI is InChI=1S/C24H26N4O3S2/c1-4-5-6-18-9-7-17(14-25)23(26-18)32-12-11-22(29)28-24-27-19(15-33-24)16-8-10-20(30-2)21(13-16)31-3/h7-10,13,15H,4-6,11-12H2,1-3H3,(H,27,28,29). The van der Waals surface area contributed by atoms with Crippen molar-refractivity contribution in [1.82, 2.24) is 9.97 Å². The topological polar surface area (TPSA) is 97.1 Å². The minimum Gasteiger partial charge on any atom is -0.493 e. The lowest BCUT2D eigenvalue weighted by atomic mass is 10.1. The largest absolute Gasteiger partial charge is 0.493 e. The number of thioether (sulfide) groups is 1. The van der Waals surface area contributed by atoms with Crippen molar-refractivity contribution in [3.63, 3.8) is 0 Å². The van der Waals surface area contributed by atoms with Crippen molar-refractivity contribution >= 4 is 34.1 Å². The molecule has 0 atom stereocenters. The van der Waals surface area contributed by atoms with Gasteiger partial charge in [0, 0.05) is 28.8 Å². The zero-order chi connectivity index (χ0) is 23.6. The number of methoxy groups -OCH3 is 2. The Morgan fingerprint density at radius 3 is 2.73 bits per heavy atom. The molecule has 2 aromatic heterocycles. The Bertz CT molecular complexity index is 1140. The highest BCUT2D eigenvalue weighted by Crippen LogP contribution is 2.33. The number of aromatic nitrogens is 2. The Balaban J connectivity index is 1.56. The molecule has 0 aliphatic carbocycles. The fourth-order valence-electron chi connectivity index (χ4n) is 3.05. The molecule has 3 aromatic rings. The number of nitrogens with zero attached hydrogens (tertiary/aromatic N) is 3. The summed E-state index contributed by atoms with van der Waals surface area (Å²) in [6, 6.07) is 11.5. The van der Waals surface area contributed by atoms with Gasteiger partial charge in [-0.1, -0.05) is 13.3 Å². The fourth-order valence-corrected chi connectivity index (χ4v) is 4.72. The first-order chi connectivity index (χ1) is 16.1. The van der Waals surface area contributed by atoms with Crippen molar-refractivity contribution in [2.45, 2.75) is 37.6 Å². The fraction of sp³-hybridized carbons (Fsp3) is 0.333. The van der Waals surface area contributed by atoms with Gasteiger partial charge >= 0.3 is 0 Å². The molecule has 0 saturated heterocycles. The van der Waals surface area contributed by atoms with Gasteiger partial charge in [0.05, 0.1) is 25.5 Å². The van der Waals surface area contributed by atoms with Crippen LogP contribution in [0.2, 0.25) is 0 Å². The smallest absolute Gasteiger partial charge is 0.226 e. The molecular weight excluding hydrogens is 456 g/mol. The number of nitrogens with one attached hydrogen (secondary N) is 1. The van der Waals surface area contributed by atoms with E-state index in [1.165, 1.54) is 23.1 Å². The Labute approximate surface area is 202 Å². The van der Waals surface area contributed by atoms with Crippen molar-refractivity contribution in [1.29, 1.82) is 5.26 Å². The first kappa shape index (κ1) is 24.6. The molecule has 9 heteroatoms. The van der Waals surface area contributed by atoms with Gasteiger partial charge in [0.1, 0.15) is 11.1 Å². The van der Waals surface area contributed by atoms with Gasteiger partial charge in [0.2, 0.25) is 5.91 Å². The Kier molecular flexibility index (Phi) is 9.10. The van der Waals surface area contributed by atoms with Gasteiger partial charge in [-0.2, -0.15) is 5.26 Å². The molecule has 0 unspecified atom stereocenters. The van der Waals surface area contributed by atoms with Gasteiger partial charge in [0.25, 0.3) is 0 Å². The van der Waals surface area contributed by atoms with Gasteiger partial charge < -0.3 is 14.8 Å². The molecule has 33 heavy (non-hydrogen) atoms. The summed E-state index contributed by atoms with van der Waals surface area (Å²) in [5.41, 5.74) is 3.14. The van der Waals surface area contributed by atoms with Crippen LogP contribution in [0.1, 0.15) is 37.4 Å². The summed E-state index contributed by atoms with van der Waals surface area (Å²) in [7, 11) is 3.18. The van der Waals surface area contributed by atoms with E-state index in [1.807, 2.05) is 35.7 Å². The van der Waals surface area contributed by atoms with Crippen LogP contribution in [-0.2, 0) is 11.2 Å². The van der Waals surface area contributed by atoms with Crippen LogP contribution in [0, 0.1) is 11.3 Å². The van der Waals surface area contributed by atoms with Gasteiger partial charge in [-0.15, -0.1) is 23.1 Å². The van der Waals surface area contributed by atoms with Gasteiger partial charge in [0.15, 0.2) is 16.6 Å². The molecule has 1 aromatic carbocycles. The summed E-state index contributed by atoms with van der Waals surface area (Å²) in [6.07, 6.45) is 3.34. The highest BCUT2D eigenvalue weighted by atomic mass is 32.2. The monoisotopic (exact) mass is 482 g/mol. The third-order valence-electron chi connectivity index (χ3n) is 4.82. The number of hydrogen-bond donors (Lipinski definition) is 1. The number of amides is 1. The van der Waals surface area contributed by atoms with Crippen molar-refractivity contribution < 1.29 is 14.3 Å². The van der Waals surface area contributed by atoms with Crippen LogP contribution in [0.5, 0.6) is 11.5 Å². The molecule has 0 aliphatic heterocycles. The van der Waals surface area contributed by atoms with Crippen molar-refractivity contribution in [3.8, 4) is 28.8 Å². The van der Waals surface area contributed by atoms with E-state index in [9.17, 15) is 10.1 Å². The quantitative estimate of drug-likeness (QED) is 0.357. The lowest BCUT2D eigenvalue weighted by Crippen LogP contribution is -2.12. The molecule has 1 N–H and O–H groups in total. The number of unbranched alkanes of at least 4 members (excludes halogenated alkanes) is 1. The van der Waals surface area contributed by atoms with Crippen LogP contribution in [0.15, 0.2) is 40.7 Å². The van der Waals surface area contributed by atoms with Crippen LogP contribution < -0.4 is 14.8 Å². The molecule has 7 nitrogen and oxygen atoms in total. The maximum atomic E-state index is 12.4. The predicted molar refractivity (Wildman–Crippen MR) is 132 cm³/mol. The van der Waals surface area contributed by atoms with Gasteiger partial charge in [-0.25, -0.2) is 9.97 Å². The summed E-state index contributed by atoms with van der Waals surface area (Å²) in [4.78, 5) is 21.5. The SMILES string of the molecule is CCCCc1ccc(C#N)c(SCCC(=O)Nc2nc(-c3ccc(OC)c(OC)c3)cs2)n1. The second-order valence-corrected chi connectivity index (χ2v) is 9.07. The number of ether oxygens (including phenoxy) is 2. The Morgan fingerprint density at radius 1 is 1.18 bits per heavy atom. The van der Waals surface area contributed by atoms with Crippen LogP contribution >= 0.6 is 23.1 Å². The van der Waals surface area contributed by atoms with E-state index < -0.39 is 0 Å². The number of carbonyl (C=O) groups is 1. The lowest BCUT2D eigenvalue weighted by Gasteiger charge is -2.08. The number of hydrogen-bond acceptors (Lipinski definition) is 8. The van der Waals surface area contributed by atoms with E-state index in [0.29, 0.717) is 39.4 Å². The zero-order valence-electron chi connectivity index (χ0n) is 18.9. The minimum absolute atomic E-state index is 0.128. The average molecular weight is 483 g/mol. The molecule has 0 radical (unpaired) electrons. The second kappa shape index (κ2) is 12.2. The average Bonchev–Trinajstić information content (AvgIpc) is 3.30. The van der Waals surface area contributed by atoms with E-state index >= 15 is 0 Å². The molecule has 0 saturated carbocycles. The maximum Gasteiger partial charge on any atom is 0.226 e. The second-order valence-electron chi connectivity index (χ2n) is 7.12. The number of nitriles is 1. The maximum absolute atomic E-state index is 12.4. The summed E-state index contributed by atoms with van der Waals surface area (Å²) in [6.45, 7) is 2.14. The number of carbonyl (C=O) groups excluding carboxylic acids is 1. The Morgan fingerprint density at radius 2 is 2.00 bits per heavy atom. The van der Waals surface area contributed by atoms with E-state index in [4.69, 9.17) is 9.47 Å². The first-order valence-electron chi connectivity index (χ1n) is 10.6. The normalized spacial score (nSPS) is 10.5. The molecular formula is C24H26N4O3S2. The van der Waals surface area contributed by atoms with Crippen LogP contribution in [0.4, 0.5) is 5.13 Å². The number of thiazole rings is 1. The molecule has 172 valence electrons. The Hall–Kier alpha value is -3.09. The van der Waals surface area contributed by atoms with Crippen LogP contribution in [0.3, 0.4) is 0 Å². The molecule has 0 fully saturated rings. The van der Waals surface area contributed by atoms with Crippen LogP contribution in [-0.4, -0.2) is 35.8 Å². The first-order valence-corrected chi connectivity index (χ1v) is 12.4. The van der Waals surface area contributed by atoms with Crippen LogP contribution in [0.25, 0.3) is 11.3 Å². The lowest BCUT2D eigenvalue weighted by molar-refractivity contribution is -0.115. The molecule has 0 aliphatic rings. The summed E-state index contributed by atoms with van der Waals surface area (Å²) in [5, 5.41) is 15.3. The third-order valence-corrected chi connectivity index (χ3v) is 6.57. The molecule has 2 heterocycles. The molecule has 0 spiro atoms. The predicted octanol–water partition coefficient (Wildman–Crippen LogP) is 5.56. The van der Waals surface area contributed by atoms with E-state index in [-0.39, 0.29) is 5.91 Å². The van der Waals surface area contributed by atoms with Crippen molar-refractivity contribution in [2.24, 2.45) is 0 Å². The number of benzene rings is 1. The highest BCUT2D eigenvalue weighted by Gasteiger charge is 2.12. The number of pyridine rings is 1. The van der Waals surface area contributed by atoms with Gasteiger partial charge in [-0.05, 0) is 43.2 Å². The van der Waals surface area contributed by atoms with Crippen molar-refractivity contribution in [2.75, 3.05) is 25.3 Å². The number of anilines is 1. The van der Waals surface area contributed by atoms with Crippen molar-refractivity contribution in [3.05, 3.63) is 47.0 Å². The molecule has 1 amide bonds. The molecule has 3 rings (SSSR count). The summed E-state index contributed by atoms with van der Waals surface area (Å²) >= 11 is 2.79. The third kappa shape index (κ3) is 6.70. The molecule has 0 bridgehead atoms. The number of aryl methyl sites for hydroxylation is 1. The number of rotatable bonds is 11.